The SMILES string of the molecule is CC1c2c(cc(F)c(Cl)c2-c2c(C(N)=O)ccc(OCCO)c2F)OC1(CNC1CCC(C(=O)N2C3CCC2CC(N2CCC(c4c(F)cc5c(N6CCC(=O)NC6=O)nn(C)c5c4F)CC2)C3)CC1)c1ccccc1. The average molecular weight is 1070 g/mol. The van der Waals surface area contributed by atoms with E-state index in [0.29, 0.717) is 44.3 Å². The van der Waals surface area contributed by atoms with E-state index >= 15 is 17.6 Å². The second-order valence-corrected chi connectivity index (χ2v) is 21.8. The number of imide groups is 1. The van der Waals surface area contributed by atoms with E-state index in [1.165, 1.54) is 33.8 Å². The van der Waals surface area contributed by atoms with Gasteiger partial charge in [-0.05, 0) is 107 Å². The maximum atomic E-state index is 16.5. The van der Waals surface area contributed by atoms with Gasteiger partial charge in [-0.2, -0.15) is 5.10 Å². The van der Waals surface area contributed by atoms with E-state index in [1.807, 2.05) is 37.3 Å². The lowest BCUT2D eigenvalue weighted by Crippen LogP contribution is -2.55. The van der Waals surface area contributed by atoms with Crippen LogP contribution in [0.2, 0.25) is 5.02 Å². The number of anilines is 1. The minimum atomic E-state index is -1.14. The lowest BCUT2D eigenvalue weighted by Gasteiger charge is -2.46. The van der Waals surface area contributed by atoms with Crippen LogP contribution in [0.4, 0.5) is 28.2 Å². The van der Waals surface area contributed by atoms with Crippen LogP contribution in [-0.2, 0) is 22.2 Å². The van der Waals surface area contributed by atoms with Crippen LogP contribution in [0.25, 0.3) is 22.0 Å². The molecule has 1 saturated carbocycles. The van der Waals surface area contributed by atoms with E-state index in [2.05, 4.69) is 25.5 Å². The molecule has 6 heterocycles. The lowest BCUT2D eigenvalue weighted by atomic mass is 9.77. The van der Waals surface area contributed by atoms with Crippen LogP contribution >= 0.6 is 11.6 Å². The van der Waals surface area contributed by atoms with Crippen molar-refractivity contribution in [2.45, 2.75) is 119 Å². The Labute approximate surface area is 442 Å². The average Bonchev–Trinajstić information content (AvgIpc) is 4.01. The molecule has 20 heteroatoms. The summed E-state index contributed by atoms with van der Waals surface area (Å²) in [4.78, 5) is 57.5. The Morgan fingerprint density at radius 1 is 0.895 bits per heavy atom. The molecule has 5 aromatic rings. The number of carbonyl (C=O) groups excluding carboxylic acids is 4. The number of carbonyl (C=O) groups is 4. The van der Waals surface area contributed by atoms with Crippen molar-refractivity contribution in [2.24, 2.45) is 18.7 Å². The summed E-state index contributed by atoms with van der Waals surface area (Å²) in [5.41, 5.74) is 5.33. The molecule has 5 N–H and O–H groups in total. The second-order valence-electron chi connectivity index (χ2n) is 21.5. The van der Waals surface area contributed by atoms with Gasteiger partial charge in [0.25, 0.3) is 0 Å². The van der Waals surface area contributed by atoms with E-state index in [4.69, 9.17) is 26.8 Å². The number of fused-ring (bicyclic) bond motifs is 4. The Bertz CT molecular complexity index is 3120. The van der Waals surface area contributed by atoms with Crippen molar-refractivity contribution in [1.29, 1.82) is 0 Å². The van der Waals surface area contributed by atoms with Crippen LogP contribution in [0.3, 0.4) is 0 Å². The van der Waals surface area contributed by atoms with Crippen LogP contribution in [-0.4, -0.2) is 112 Å². The molecule has 2 bridgehead atoms. The summed E-state index contributed by atoms with van der Waals surface area (Å²) in [6.45, 7) is 2.94. The Morgan fingerprint density at radius 2 is 1.61 bits per heavy atom. The summed E-state index contributed by atoms with van der Waals surface area (Å²) < 4.78 is 78.4. The van der Waals surface area contributed by atoms with Crippen molar-refractivity contribution < 1.29 is 51.3 Å². The molecule has 5 amide bonds. The number of aliphatic hydroxyl groups is 1. The number of likely N-dealkylation sites (tertiary alicyclic amines) is 1. The number of amides is 5. The first-order valence-electron chi connectivity index (χ1n) is 26.5. The number of nitrogens with zero attached hydrogens (tertiary/aromatic N) is 5. The van der Waals surface area contributed by atoms with Gasteiger partial charge < -0.3 is 35.4 Å². The third kappa shape index (κ3) is 8.93. The first-order chi connectivity index (χ1) is 36.6. The van der Waals surface area contributed by atoms with Crippen LogP contribution < -0.4 is 30.7 Å². The fourth-order valence-electron chi connectivity index (χ4n) is 13.6. The zero-order valence-corrected chi connectivity index (χ0v) is 43.1. The van der Waals surface area contributed by atoms with Gasteiger partial charge >= 0.3 is 6.03 Å². The normalized spacial score (nSPS) is 25.9. The van der Waals surface area contributed by atoms with Gasteiger partial charge in [-0.25, -0.2) is 22.4 Å². The fraction of sp³-hybridized carbons (Fsp3) is 0.482. The van der Waals surface area contributed by atoms with E-state index in [1.54, 1.807) is 7.05 Å². The highest BCUT2D eigenvalue weighted by atomic mass is 35.5. The third-order valence-electron chi connectivity index (χ3n) is 17.4. The van der Waals surface area contributed by atoms with Crippen molar-refractivity contribution in [3.8, 4) is 22.6 Å². The number of nitrogens with one attached hydrogen (secondary N) is 2. The predicted octanol–water partition coefficient (Wildman–Crippen LogP) is 8.31. The van der Waals surface area contributed by atoms with E-state index in [-0.39, 0.29) is 119 Å². The zero-order valence-electron chi connectivity index (χ0n) is 42.4. The summed E-state index contributed by atoms with van der Waals surface area (Å²) in [7, 11) is 1.56. The number of ether oxygens (including phenoxy) is 2. The van der Waals surface area contributed by atoms with Crippen molar-refractivity contribution in [3.05, 3.63) is 105 Å². The van der Waals surface area contributed by atoms with Crippen LogP contribution in [0.5, 0.6) is 11.5 Å². The molecule has 76 heavy (non-hydrogen) atoms. The molecule has 4 unspecified atom stereocenters. The number of urea groups is 1. The van der Waals surface area contributed by atoms with Gasteiger partial charge in [0.1, 0.15) is 29.5 Å². The topological polar surface area (TPSA) is 185 Å². The smallest absolute Gasteiger partial charge is 0.329 e. The number of halogens is 5. The van der Waals surface area contributed by atoms with Gasteiger partial charge in [0, 0.05) is 90.9 Å². The van der Waals surface area contributed by atoms with Gasteiger partial charge in [-0.15, -0.1) is 0 Å². The molecule has 1 aliphatic carbocycles. The van der Waals surface area contributed by atoms with Crippen molar-refractivity contribution >= 4 is 52.1 Å². The molecule has 402 valence electrons. The fourth-order valence-corrected chi connectivity index (χ4v) is 13.8. The molecule has 6 aliphatic rings. The predicted molar refractivity (Wildman–Crippen MR) is 275 cm³/mol. The molecular weight excluding hydrogens is 1010 g/mol. The lowest BCUT2D eigenvalue weighted by molar-refractivity contribution is -0.142. The van der Waals surface area contributed by atoms with Gasteiger partial charge in [0.2, 0.25) is 17.7 Å². The maximum Gasteiger partial charge on any atom is 0.329 e. The van der Waals surface area contributed by atoms with E-state index in [9.17, 15) is 24.3 Å². The Kier molecular flexibility index (Phi) is 14.0. The van der Waals surface area contributed by atoms with Crippen LogP contribution in [0.15, 0.2) is 54.6 Å². The van der Waals surface area contributed by atoms with Gasteiger partial charge in [0.15, 0.2) is 28.8 Å². The van der Waals surface area contributed by atoms with E-state index in [0.717, 1.165) is 44.1 Å². The molecular formula is C56H61ClF4N8O7. The number of rotatable bonds is 13. The minimum Gasteiger partial charge on any atom is -0.488 e. The first-order valence-corrected chi connectivity index (χ1v) is 26.8. The summed E-state index contributed by atoms with van der Waals surface area (Å²) >= 11 is 6.74. The summed E-state index contributed by atoms with van der Waals surface area (Å²) in [5, 5.41) is 19.5. The highest BCUT2D eigenvalue weighted by Gasteiger charge is 2.51. The maximum absolute atomic E-state index is 16.5. The highest BCUT2D eigenvalue weighted by molar-refractivity contribution is 6.34. The highest BCUT2D eigenvalue weighted by Crippen LogP contribution is 2.57. The van der Waals surface area contributed by atoms with Gasteiger partial charge in [0.05, 0.1) is 22.6 Å². The van der Waals surface area contributed by atoms with Crippen molar-refractivity contribution in [1.82, 2.24) is 30.2 Å². The Balaban J connectivity index is 0.733. The molecule has 4 atom stereocenters. The quantitative estimate of drug-likeness (QED) is 0.0837. The second kappa shape index (κ2) is 20.6. The zero-order chi connectivity index (χ0) is 53.3. The number of primary amides is 1. The molecule has 0 spiro atoms. The summed E-state index contributed by atoms with van der Waals surface area (Å²) in [6.07, 6.45) is 7.64. The molecule has 5 aliphatic heterocycles. The number of aliphatic hydroxyl groups excluding tert-OH is 1. The van der Waals surface area contributed by atoms with Crippen LogP contribution in [0.1, 0.15) is 116 Å². The number of hydrogen-bond acceptors (Lipinski definition) is 10. The number of aromatic nitrogens is 2. The van der Waals surface area contributed by atoms with Gasteiger partial charge in [-0.3, -0.25) is 29.3 Å². The number of aryl methyl sites for hydroxylation is 1. The monoisotopic (exact) mass is 1070 g/mol. The molecule has 11 rings (SSSR count). The standard InChI is InChI=1S/C56H61ClF4N8O7/c1-29-44-42(27-40(59)48(57)47(44)46-37(52(62)72)14-15-41(49(46)60)75-23-22-70)76-56(29,32-6-4-3-5-7-32)28-63-33-10-8-31(9-11-33)54(73)69-34-12-13-35(69)25-36(24-34)67-19-16-30(17-20-67)45-39(58)26-38-51(50(45)61)66(2)65-53(38)68-21-18-43(71)64-55(68)74/h3-7,14-15,26-27,29-31,33-36,63,70H,8-13,16-25,28H2,1-2H3,(H2,62,72)(H,64,71,74). The van der Waals surface area contributed by atoms with E-state index < -0.39 is 64.3 Å². The summed E-state index contributed by atoms with van der Waals surface area (Å²) in [6, 6.07) is 14.3. The van der Waals surface area contributed by atoms with Crippen LogP contribution in [0, 0.1) is 29.2 Å². The molecule has 5 fully saturated rings. The number of nitrogens with two attached hydrogens (primary N) is 1. The Hall–Kier alpha value is -6.28. The third-order valence-corrected chi connectivity index (χ3v) is 17.7. The first kappa shape index (κ1) is 51.8. The molecule has 15 nitrogen and oxygen atoms in total. The number of benzene rings is 4. The molecule has 4 saturated heterocycles. The van der Waals surface area contributed by atoms with Crippen molar-refractivity contribution in [3.63, 3.8) is 0 Å². The summed E-state index contributed by atoms with van der Waals surface area (Å²) in [5.74, 6) is -5.47. The van der Waals surface area contributed by atoms with Crippen molar-refractivity contribution in [2.75, 3.05) is 44.3 Å². The number of piperidine rings is 2. The largest absolute Gasteiger partial charge is 0.488 e. The number of hydrogen-bond donors (Lipinski definition) is 4. The Morgan fingerprint density at radius 3 is 2.28 bits per heavy atom. The van der Waals surface area contributed by atoms with Gasteiger partial charge in [-0.1, -0.05) is 48.9 Å². The molecule has 0 radical (unpaired) electrons. The minimum absolute atomic E-state index is 0.0231. The molecule has 4 aromatic carbocycles. The molecule has 1 aromatic heterocycles.